The monoisotopic (exact) mass is 475 g/mol. The Bertz CT molecular complexity index is 408. The molecular formula is C16H34IN3O3S. The zero-order chi connectivity index (χ0) is 17.3. The maximum atomic E-state index is 12.1. The van der Waals surface area contributed by atoms with Crippen LogP contribution in [0.5, 0.6) is 0 Å². The van der Waals surface area contributed by atoms with Gasteiger partial charge in [-0.25, -0.2) is 0 Å². The third-order valence-corrected chi connectivity index (χ3v) is 5.95. The van der Waals surface area contributed by atoms with Crippen LogP contribution in [0.25, 0.3) is 0 Å². The minimum absolute atomic E-state index is 0. The minimum atomic E-state index is -0.873. The summed E-state index contributed by atoms with van der Waals surface area (Å²) in [6.07, 6.45) is 1.65. The molecule has 1 rings (SSSR count). The first-order valence-electron chi connectivity index (χ1n) is 8.42. The summed E-state index contributed by atoms with van der Waals surface area (Å²) < 4.78 is 17.4. The summed E-state index contributed by atoms with van der Waals surface area (Å²) in [6.45, 7) is 11.6. The van der Waals surface area contributed by atoms with Gasteiger partial charge < -0.3 is 20.5 Å². The SMILES string of the molecule is CCNC(=NCC1(CCO)CCOC1)NCCS(=O)C(C)(C)C.I. The van der Waals surface area contributed by atoms with Crippen molar-refractivity contribution in [2.75, 3.05) is 45.2 Å². The van der Waals surface area contributed by atoms with E-state index in [1.54, 1.807) is 0 Å². The van der Waals surface area contributed by atoms with Gasteiger partial charge in [0.05, 0.1) is 13.2 Å². The lowest BCUT2D eigenvalue weighted by atomic mass is 9.84. The predicted molar refractivity (Wildman–Crippen MR) is 112 cm³/mol. The fourth-order valence-corrected chi connectivity index (χ4v) is 3.34. The van der Waals surface area contributed by atoms with Crippen molar-refractivity contribution < 1.29 is 14.1 Å². The first-order valence-corrected chi connectivity index (χ1v) is 9.74. The van der Waals surface area contributed by atoms with Crippen LogP contribution in [0.4, 0.5) is 0 Å². The van der Waals surface area contributed by atoms with Crippen LogP contribution in [0.2, 0.25) is 0 Å². The van der Waals surface area contributed by atoms with Crippen molar-refractivity contribution in [3.05, 3.63) is 0 Å². The van der Waals surface area contributed by atoms with Crippen LogP contribution in [-0.4, -0.2) is 65.2 Å². The lowest BCUT2D eigenvalue weighted by Gasteiger charge is -2.25. The third kappa shape index (κ3) is 8.44. The Morgan fingerprint density at radius 3 is 2.58 bits per heavy atom. The number of guanidine groups is 1. The molecule has 3 N–H and O–H groups in total. The number of hydrogen-bond donors (Lipinski definition) is 3. The molecule has 1 aliphatic heterocycles. The quantitative estimate of drug-likeness (QED) is 0.282. The van der Waals surface area contributed by atoms with E-state index in [-0.39, 0.29) is 40.7 Å². The number of nitrogens with zero attached hydrogens (tertiary/aromatic N) is 1. The second-order valence-electron chi connectivity index (χ2n) is 7.06. The van der Waals surface area contributed by atoms with Gasteiger partial charge in [-0.1, -0.05) is 0 Å². The van der Waals surface area contributed by atoms with Gasteiger partial charge >= 0.3 is 0 Å². The molecule has 2 atom stereocenters. The molecule has 8 heteroatoms. The molecule has 0 aromatic rings. The first-order chi connectivity index (χ1) is 10.8. The molecule has 1 heterocycles. The average molecular weight is 475 g/mol. The Labute approximate surface area is 166 Å². The molecule has 0 aliphatic carbocycles. The maximum absolute atomic E-state index is 12.1. The van der Waals surface area contributed by atoms with Crippen LogP contribution in [-0.2, 0) is 15.5 Å². The Balaban J connectivity index is 0.00000529. The molecule has 0 radical (unpaired) electrons. The fourth-order valence-electron chi connectivity index (χ4n) is 2.44. The molecule has 6 nitrogen and oxygen atoms in total. The number of nitrogens with one attached hydrogen (secondary N) is 2. The van der Waals surface area contributed by atoms with Crippen LogP contribution in [0, 0.1) is 5.41 Å². The number of hydrogen-bond acceptors (Lipinski definition) is 4. The molecule has 1 saturated heterocycles. The molecule has 1 fully saturated rings. The zero-order valence-electron chi connectivity index (χ0n) is 15.4. The Kier molecular flexibility index (Phi) is 11.7. The molecule has 1 aliphatic rings. The molecular weight excluding hydrogens is 441 g/mol. The van der Waals surface area contributed by atoms with Crippen molar-refractivity contribution in [2.45, 2.75) is 45.3 Å². The van der Waals surface area contributed by atoms with Gasteiger partial charge in [0.15, 0.2) is 5.96 Å². The second-order valence-corrected chi connectivity index (χ2v) is 9.38. The van der Waals surface area contributed by atoms with Crippen molar-refractivity contribution in [1.29, 1.82) is 0 Å². The highest BCUT2D eigenvalue weighted by atomic mass is 127. The maximum Gasteiger partial charge on any atom is 0.191 e. The average Bonchev–Trinajstić information content (AvgIpc) is 2.93. The lowest BCUT2D eigenvalue weighted by Crippen LogP contribution is -2.41. The van der Waals surface area contributed by atoms with Crippen molar-refractivity contribution in [3.63, 3.8) is 0 Å². The topological polar surface area (TPSA) is 83.0 Å². The highest BCUT2D eigenvalue weighted by Gasteiger charge is 2.34. The van der Waals surface area contributed by atoms with Crippen LogP contribution in [0.15, 0.2) is 4.99 Å². The summed E-state index contributed by atoms with van der Waals surface area (Å²) in [6, 6.07) is 0. The molecule has 0 bridgehead atoms. The van der Waals surface area contributed by atoms with Crippen molar-refractivity contribution in [2.24, 2.45) is 10.4 Å². The van der Waals surface area contributed by atoms with Gasteiger partial charge in [0.25, 0.3) is 0 Å². The molecule has 0 aromatic heterocycles. The largest absolute Gasteiger partial charge is 0.396 e. The highest BCUT2D eigenvalue weighted by molar-refractivity contribution is 14.0. The van der Waals surface area contributed by atoms with E-state index in [1.807, 2.05) is 27.7 Å². The molecule has 144 valence electrons. The van der Waals surface area contributed by atoms with Gasteiger partial charge in [0.1, 0.15) is 0 Å². The number of aliphatic imine (C=N–C) groups is 1. The van der Waals surface area contributed by atoms with E-state index >= 15 is 0 Å². The molecule has 0 spiro atoms. The standard InChI is InChI=1S/C16H33N3O3S.HI/c1-5-17-14(18-8-11-23(21)15(2,3)4)19-12-16(6-9-20)7-10-22-13-16;/h20H,5-13H2,1-4H3,(H2,17,18,19);1H. The number of aliphatic hydroxyl groups excluding tert-OH is 1. The van der Waals surface area contributed by atoms with E-state index < -0.39 is 10.8 Å². The number of ether oxygens (including phenoxy) is 1. The van der Waals surface area contributed by atoms with Crippen LogP contribution < -0.4 is 10.6 Å². The normalized spacial score (nSPS) is 22.8. The van der Waals surface area contributed by atoms with Crippen LogP contribution in [0.1, 0.15) is 40.5 Å². The Morgan fingerprint density at radius 2 is 2.08 bits per heavy atom. The zero-order valence-corrected chi connectivity index (χ0v) is 18.5. The van der Waals surface area contributed by atoms with E-state index in [9.17, 15) is 9.32 Å². The smallest absolute Gasteiger partial charge is 0.191 e. The summed E-state index contributed by atoms with van der Waals surface area (Å²) in [5.74, 6) is 1.33. The van der Waals surface area contributed by atoms with Gasteiger partial charge in [-0.05, 0) is 40.5 Å². The van der Waals surface area contributed by atoms with Gasteiger partial charge in [-0.3, -0.25) is 9.20 Å². The number of halogens is 1. The van der Waals surface area contributed by atoms with Gasteiger partial charge in [0.2, 0.25) is 0 Å². The molecule has 2 unspecified atom stereocenters. The summed E-state index contributed by atoms with van der Waals surface area (Å²) in [5.41, 5.74) is -0.0503. The third-order valence-electron chi connectivity index (χ3n) is 4.01. The minimum Gasteiger partial charge on any atom is -0.396 e. The van der Waals surface area contributed by atoms with E-state index in [0.717, 1.165) is 25.5 Å². The molecule has 24 heavy (non-hydrogen) atoms. The number of aliphatic hydroxyl groups is 1. The highest BCUT2D eigenvalue weighted by Crippen LogP contribution is 2.32. The number of rotatable bonds is 8. The van der Waals surface area contributed by atoms with Crippen molar-refractivity contribution >= 4 is 40.7 Å². The summed E-state index contributed by atoms with van der Waals surface area (Å²) in [4.78, 5) is 4.65. The van der Waals surface area contributed by atoms with E-state index in [4.69, 9.17) is 4.74 Å². The predicted octanol–water partition coefficient (Wildman–Crippen LogP) is 1.50. The van der Waals surface area contributed by atoms with E-state index in [2.05, 4.69) is 15.6 Å². The second kappa shape index (κ2) is 11.6. The van der Waals surface area contributed by atoms with Gasteiger partial charge in [-0.15, -0.1) is 24.0 Å². The lowest BCUT2D eigenvalue weighted by molar-refractivity contribution is 0.131. The Hall–Kier alpha value is 0.0700. The van der Waals surface area contributed by atoms with Crippen LogP contribution >= 0.6 is 24.0 Å². The molecule has 0 aromatic carbocycles. The molecule has 0 saturated carbocycles. The summed E-state index contributed by atoms with van der Waals surface area (Å²) >= 11 is 0. The fraction of sp³-hybridized carbons (Fsp3) is 0.938. The summed E-state index contributed by atoms with van der Waals surface area (Å²) in [5, 5.41) is 15.7. The van der Waals surface area contributed by atoms with Gasteiger partial charge in [0, 0.05) is 53.0 Å². The van der Waals surface area contributed by atoms with Crippen molar-refractivity contribution in [1.82, 2.24) is 10.6 Å². The van der Waals surface area contributed by atoms with E-state index in [1.165, 1.54) is 0 Å². The van der Waals surface area contributed by atoms with Crippen LogP contribution in [0.3, 0.4) is 0 Å². The first kappa shape index (κ1) is 24.1. The molecule has 0 amide bonds. The van der Waals surface area contributed by atoms with E-state index in [0.29, 0.717) is 31.9 Å². The summed E-state index contributed by atoms with van der Waals surface area (Å²) in [7, 11) is -0.873. The Morgan fingerprint density at radius 1 is 1.38 bits per heavy atom. The van der Waals surface area contributed by atoms with Crippen molar-refractivity contribution in [3.8, 4) is 0 Å². The van der Waals surface area contributed by atoms with Gasteiger partial charge in [-0.2, -0.15) is 0 Å².